The van der Waals surface area contributed by atoms with Crippen molar-refractivity contribution >= 4 is 23.1 Å². The SMILES string of the molecule is CC(C)(C)OC(=O)Nc1csc(C(C)(C)C)c1. The highest BCUT2D eigenvalue weighted by Crippen LogP contribution is 2.31. The van der Waals surface area contributed by atoms with Crippen LogP contribution in [-0.4, -0.2) is 11.7 Å². The number of amides is 1. The molecule has 0 radical (unpaired) electrons. The maximum absolute atomic E-state index is 11.6. The monoisotopic (exact) mass is 255 g/mol. The third kappa shape index (κ3) is 4.77. The molecule has 1 aromatic heterocycles. The van der Waals surface area contributed by atoms with Crippen molar-refractivity contribution in [3.63, 3.8) is 0 Å². The molecule has 0 aromatic carbocycles. The predicted molar refractivity (Wildman–Crippen MR) is 72.9 cm³/mol. The molecule has 96 valence electrons. The van der Waals surface area contributed by atoms with E-state index in [1.54, 1.807) is 11.3 Å². The van der Waals surface area contributed by atoms with Gasteiger partial charge in [0.25, 0.3) is 0 Å². The highest BCUT2D eigenvalue weighted by molar-refractivity contribution is 7.10. The quantitative estimate of drug-likeness (QED) is 0.808. The van der Waals surface area contributed by atoms with E-state index in [-0.39, 0.29) is 5.41 Å². The van der Waals surface area contributed by atoms with Crippen LogP contribution in [0.2, 0.25) is 0 Å². The molecule has 1 rings (SSSR count). The fourth-order valence-electron chi connectivity index (χ4n) is 1.22. The van der Waals surface area contributed by atoms with Crippen molar-refractivity contribution in [3.05, 3.63) is 16.3 Å². The van der Waals surface area contributed by atoms with Gasteiger partial charge in [-0.05, 0) is 32.3 Å². The molecule has 1 amide bonds. The molecule has 0 aliphatic heterocycles. The topological polar surface area (TPSA) is 38.3 Å². The maximum Gasteiger partial charge on any atom is 0.412 e. The van der Waals surface area contributed by atoms with Gasteiger partial charge < -0.3 is 4.74 Å². The van der Waals surface area contributed by atoms with Crippen molar-refractivity contribution in [3.8, 4) is 0 Å². The number of rotatable bonds is 1. The van der Waals surface area contributed by atoms with Gasteiger partial charge in [0.1, 0.15) is 5.60 Å². The van der Waals surface area contributed by atoms with E-state index >= 15 is 0 Å². The molecule has 0 fully saturated rings. The molecule has 0 aliphatic rings. The molecule has 0 atom stereocenters. The summed E-state index contributed by atoms with van der Waals surface area (Å²) < 4.78 is 5.19. The normalized spacial score (nSPS) is 12.4. The number of ether oxygens (including phenoxy) is 1. The highest BCUT2D eigenvalue weighted by Gasteiger charge is 2.19. The number of carbonyl (C=O) groups is 1. The van der Waals surface area contributed by atoms with Crippen LogP contribution in [0.5, 0.6) is 0 Å². The van der Waals surface area contributed by atoms with Crippen molar-refractivity contribution in [1.29, 1.82) is 0 Å². The first-order valence-corrected chi connectivity index (χ1v) is 6.55. The van der Waals surface area contributed by atoms with E-state index in [1.165, 1.54) is 4.88 Å². The third-order valence-corrected chi connectivity index (χ3v) is 3.34. The summed E-state index contributed by atoms with van der Waals surface area (Å²) in [6.07, 6.45) is -0.407. The number of nitrogens with one attached hydrogen (secondary N) is 1. The molecule has 1 heterocycles. The zero-order valence-corrected chi connectivity index (χ0v) is 12.2. The minimum absolute atomic E-state index is 0.110. The average Bonchev–Trinajstić information content (AvgIpc) is 2.47. The van der Waals surface area contributed by atoms with Gasteiger partial charge in [-0.25, -0.2) is 4.79 Å². The van der Waals surface area contributed by atoms with Gasteiger partial charge in [0, 0.05) is 10.3 Å². The van der Waals surface area contributed by atoms with E-state index in [9.17, 15) is 4.79 Å². The van der Waals surface area contributed by atoms with E-state index < -0.39 is 11.7 Å². The van der Waals surface area contributed by atoms with Crippen LogP contribution in [-0.2, 0) is 10.2 Å². The lowest BCUT2D eigenvalue weighted by Crippen LogP contribution is -2.27. The Hall–Kier alpha value is -1.03. The van der Waals surface area contributed by atoms with Crippen molar-refractivity contribution in [1.82, 2.24) is 0 Å². The summed E-state index contributed by atoms with van der Waals surface area (Å²) >= 11 is 1.65. The summed E-state index contributed by atoms with van der Waals surface area (Å²) in [6.45, 7) is 12.0. The smallest absolute Gasteiger partial charge is 0.412 e. The van der Waals surface area contributed by atoms with E-state index in [0.29, 0.717) is 0 Å². The summed E-state index contributed by atoms with van der Waals surface area (Å²) in [6, 6.07) is 1.99. The van der Waals surface area contributed by atoms with Gasteiger partial charge in [-0.15, -0.1) is 11.3 Å². The summed E-state index contributed by atoms with van der Waals surface area (Å²) in [5.74, 6) is 0. The van der Waals surface area contributed by atoms with Crippen molar-refractivity contribution in [2.24, 2.45) is 0 Å². The Kier molecular flexibility index (Phi) is 3.87. The first kappa shape index (κ1) is 14.0. The number of hydrogen-bond acceptors (Lipinski definition) is 3. The molecule has 3 nitrogen and oxygen atoms in total. The Bertz CT molecular complexity index is 396. The van der Waals surface area contributed by atoms with Gasteiger partial charge in [-0.2, -0.15) is 0 Å². The van der Waals surface area contributed by atoms with E-state index in [2.05, 4.69) is 26.1 Å². The standard InChI is InChI=1S/C13H21NO2S/c1-12(2,3)10-7-9(8-17-10)14-11(15)16-13(4,5)6/h7-8H,1-6H3,(H,14,15). The Morgan fingerprint density at radius 2 is 1.82 bits per heavy atom. The lowest BCUT2D eigenvalue weighted by Gasteiger charge is -2.19. The molecule has 0 saturated carbocycles. The van der Waals surface area contributed by atoms with Crippen LogP contribution in [0.15, 0.2) is 11.4 Å². The van der Waals surface area contributed by atoms with E-state index in [1.807, 2.05) is 32.2 Å². The van der Waals surface area contributed by atoms with E-state index in [4.69, 9.17) is 4.74 Å². The fourth-order valence-corrected chi connectivity index (χ4v) is 2.15. The number of carbonyl (C=O) groups excluding carboxylic acids is 1. The first-order valence-electron chi connectivity index (χ1n) is 5.67. The molecular formula is C13H21NO2S. The Balaban J connectivity index is 2.65. The second-order valence-electron chi connectivity index (χ2n) is 6.08. The molecule has 0 bridgehead atoms. The lowest BCUT2D eigenvalue weighted by molar-refractivity contribution is 0.0636. The Morgan fingerprint density at radius 3 is 2.24 bits per heavy atom. The summed E-state index contributed by atoms with van der Waals surface area (Å²) in [5.41, 5.74) is 0.444. The van der Waals surface area contributed by atoms with Crippen molar-refractivity contribution < 1.29 is 9.53 Å². The minimum Gasteiger partial charge on any atom is -0.444 e. The summed E-state index contributed by atoms with van der Waals surface area (Å²) in [4.78, 5) is 12.8. The zero-order chi connectivity index (χ0) is 13.3. The number of anilines is 1. The highest BCUT2D eigenvalue weighted by atomic mass is 32.1. The van der Waals surface area contributed by atoms with Gasteiger partial charge in [-0.1, -0.05) is 20.8 Å². The van der Waals surface area contributed by atoms with Crippen molar-refractivity contribution in [2.45, 2.75) is 52.6 Å². The molecule has 0 unspecified atom stereocenters. The number of thiophene rings is 1. The molecule has 0 spiro atoms. The van der Waals surface area contributed by atoms with Crippen LogP contribution in [0.4, 0.5) is 10.5 Å². The lowest BCUT2D eigenvalue weighted by atomic mass is 9.95. The second kappa shape index (κ2) is 4.69. The minimum atomic E-state index is -0.465. The van der Waals surface area contributed by atoms with Crippen LogP contribution < -0.4 is 5.32 Å². The first-order chi connectivity index (χ1) is 7.58. The van der Waals surface area contributed by atoms with Gasteiger partial charge in [0.2, 0.25) is 0 Å². The van der Waals surface area contributed by atoms with Gasteiger partial charge in [0.15, 0.2) is 0 Å². The Labute approximate surface area is 107 Å². The molecule has 1 aromatic rings. The van der Waals surface area contributed by atoms with Crippen LogP contribution in [0.25, 0.3) is 0 Å². The molecule has 4 heteroatoms. The third-order valence-electron chi connectivity index (χ3n) is 1.98. The van der Waals surface area contributed by atoms with Crippen LogP contribution in [0.3, 0.4) is 0 Å². The molecule has 17 heavy (non-hydrogen) atoms. The molecule has 0 aliphatic carbocycles. The maximum atomic E-state index is 11.6. The largest absolute Gasteiger partial charge is 0.444 e. The zero-order valence-electron chi connectivity index (χ0n) is 11.4. The molecule has 0 saturated heterocycles. The Morgan fingerprint density at radius 1 is 1.24 bits per heavy atom. The molecular weight excluding hydrogens is 234 g/mol. The average molecular weight is 255 g/mol. The van der Waals surface area contributed by atoms with E-state index in [0.717, 1.165) is 5.69 Å². The van der Waals surface area contributed by atoms with Crippen LogP contribution >= 0.6 is 11.3 Å². The van der Waals surface area contributed by atoms with Gasteiger partial charge in [-0.3, -0.25) is 5.32 Å². The molecule has 1 N–H and O–H groups in total. The predicted octanol–water partition coefficient (Wildman–Crippen LogP) is 4.39. The fraction of sp³-hybridized carbons (Fsp3) is 0.615. The second-order valence-corrected chi connectivity index (χ2v) is 6.99. The van der Waals surface area contributed by atoms with Crippen LogP contribution in [0, 0.1) is 0 Å². The summed E-state index contributed by atoms with van der Waals surface area (Å²) in [7, 11) is 0. The van der Waals surface area contributed by atoms with Gasteiger partial charge >= 0.3 is 6.09 Å². The van der Waals surface area contributed by atoms with Crippen LogP contribution in [0.1, 0.15) is 46.4 Å². The number of hydrogen-bond donors (Lipinski definition) is 1. The van der Waals surface area contributed by atoms with Crippen molar-refractivity contribution in [2.75, 3.05) is 5.32 Å². The summed E-state index contributed by atoms with van der Waals surface area (Å²) in [5, 5.41) is 4.68. The van der Waals surface area contributed by atoms with Gasteiger partial charge in [0.05, 0.1) is 5.69 Å².